The lowest BCUT2D eigenvalue weighted by atomic mass is 10.0. The molecule has 0 heterocycles. The molecule has 0 N–H and O–H groups in total. The van der Waals surface area contributed by atoms with Crippen LogP contribution in [0.4, 0.5) is 0 Å². The SMILES string of the molecule is C=C(C)C(=O)[O-].CCCCCCCCCCCCCCCCC[N+](C)(C)C.[Cl-]. The molecule has 0 aromatic rings. The first kappa shape index (κ1) is 32.1. The first-order chi connectivity index (χ1) is 12.7. The van der Waals surface area contributed by atoms with Crippen LogP contribution in [0.2, 0.25) is 0 Å². The zero-order chi connectivity index (χ0) is 21.0. The van der Waals surface area contributed by atoms with E-state index in [9.17, 15) is 9.90 Å². The lowest BCUT2D eigenvalue weighted by Gasteiger charge is -2.23. The molecule has 4 heteroatoms. The van der Waals surface area contributed by atoms with E-state index in [0.717, 1.165) is 4.48 Å². The minimum absolute atomic E-state index is 0. The minimum Gasteiger partial charge on any atom is -1.00 e. The summed E-state index contributed by atoms with van der Waals surface area (Å²) in [5.41, 5.74) is 0.0648. The Bertz CT molecular complexity index is 339. The monoisotopic (exact) mass is 418 g/mol. The number of aliphatic carboxylic acids is 1. The maximum atomic E-state index is 9.49. The fraction of sp³-hybridized carbons (Fsp3) is 0.875. The van der Waals surface area contributed by atoms with E-state index < -0.39 is 5.97 Å². The van der Waals surface area contributed by atoms with E-state index in [-0.39, 0.29) is 18.0 Å². The lowest BCUT2D eigenvalue weighted by Crippen LogP contribution is -3.00. The summed E-state index contributed by atoms with van der Waals surface area (Å²) < 4.78 is 1.12. The van der Waals surface area contributed by atoms with Gasteiger partial charge in [0.2, 0.25) is 0 Å². The molecule has 3 nitrogen and oxygen atoms in total. The van der Waals surface area contributed by atoms with E-state index in [1.165, 1.54) is 110 Å². The van der Waals surface area contributed by atoms with Crippen LogP contribution in [-0.2, 0) is 4.79 Å². The molecule has 0 bridgehead atoms. The van der Waals surface area contributed by atoms with Crippen LogP contribution in [0, 0.1) is 0 Å². The highest BCUT2D eigenvalue weighted by molar-refractivity contribution is 5.82. The van der Waals surface area contributed by atoms with Gasteiger partial charge in [0.05, 0.1) is 33.7 Å². The summed E-state index contributed by atoms with van der Waals surface area (Å²) in [6.07, 6.45) is 21.9. The summed E-state index contributed by atoms with van der Waals surface area (Å²) >= 11 is 0. The Kier molecular flexibility index (Phi) is 26.1. The normalized spacial score (nSPS) is 10.6. The molecule has 0 atom stereocenters. The van der Waals surface area contributed by atoms with Crippen molar-refractivity contribution < 1.29 is 26.8 Å². The summed E-state index contributed by atoms with van der Waals surface area (Å²) in [7, 11) is 6.89. The molecule has 0 aromatic carbocycles. The smallest absolute Gasteiger partial charge is 0.0780 e. The van der Waals surface area contributed by atoms with Crippen molar-refractivity contribution in [2.45, 2.75) is 110 Å². The molecule has 0 amide bonds. The third-order valence-electron chi connectivity index (χ3n) is 4.78. The largest absolute Gasteiger partial charge is 1.00 e. The van der Waals surface area contributed by atoms with Crippen molar-refractivity contribution in [1.82, 2.24) is 0 Å². The van der Waals surface area contributed by atoms with Crippen molar-refractivity contribution in [1.29, 1.82) is 0 Å². The van der Waals surface area contributed by atoms with Gasteiger partial charge in [-0.3, -0.25) is 0 Å². The van der Waals surface area contributed by atoms with Crippen LogP contribution in [0.5, 0.6) is 0 Å². The van der Waals surface area contributed by atoms with Crippen molar-refractivity contribution in [3.63, 3.8) is 0 Å². The number of carbonyl (C=O) groups excluding carboxylic acids is 1. The number of quaternary nitrogens is 1. The number of carboxylic acid groups (broad SMARTS) is 1. The van der Waals surface area contributed by atoms with Gasteiger partial charge in [0.1, 0.15) is 0 Å². The second-order valence-electron chi connectivity index (χ2n) is 9.03. The molecular weight excluding hydrogens is 370 g/mol. The molecule has 0 aromatic heterocycles. The first-order valence-electron chi connectivity index (χ1n) is 11.4. The van der Waals surface area contributed by atoms with Gasteiger partial charge < -0.3 is 26.8 Å². The molecule has 0 unspecified atom stereocenters. The van der Waals surface area contributed by atoms with Crippen molar-refractivity contribution in [3.8, 4) is 0 Å². The van der Waals surface area contributed by atoms with E-state index in [0.29, 0.717) is 0 Å². The summed E-state index contributed by atoms with van der Waals surface area (Å²) in [4.78, 5) is 9.49. The average Bonchev–Trinajstić information content (AvgIpc) is 2.58. The standard InChI is InChI=1S/C20H44N.C4H6O2.ClH/c1-5-6-7-8-9-10-11-12-13-14-15-16-17-18-19-20-21(2,3)4;1-3(2)4(5)6;/h5-20H2,1-4H3;1H2,2H3,(H,5,6);1H/q+1;;/p-2. The zero-order valence-electron chi connectivity index (χ0n) is 19.7. The van der Waals surface area contributed by atoms with Gasteiger partial charge >= 0.3 is 0 Å². The van der Waals surface area contributed by atoms with Crippen LogP contribution in [0.15, 0.2) is 12.2 Å². The third-order valence-corrected chi connectivity index (χ3v) is 4.78. The quantitative estimate of drug-likeness (QED) is 0.207. The Labute approximate surface area is 183 Å². The topological polar surface area (TPSA) is 40.1 Å². The van der Waals surface area contributed by atoms with Gasteiger partial charge in [0.15, 0.2) is 0 Å². The molecule has 0 rings (SSSR count). The van der Waals surface area contributed by atoms with Crippen molar-refractivity contribution in [3.05, 3.63) is 12.2 Å². The molecule has 28 heavy (non-hydrogen) atoms. The third kappa shape index (κ3) is 33.1. The number of hydrogen-bond acceptors (Lipinski definition) is 2. The second kappa shape index (κ2) is 22.7. The molecule has 0 aliphatic heterocycles. The van der Waals surface area contributed by atoms with Gasteiger partial charge in [-0.2, -0.15) is 0 Å². The number of carbonyl (C=O) groups is 1. The molecule has 0 radical (unpaired) electrons. The van der Waals surface area contributed by atoms with Gasteiger partial charge in [-0.1, -0.05) is 97.0 Å². The van der Waals surface area contributed by atoms with Gasteiger partial charge in [-0.05, 0) is 25.3 Å². The van der Waals surface area contributed by atoms with Crippen LogP contribution in [-0.4, -0.2) is 38.1 Å². The zero-order valence-corrected chi connectivity index (χ0v) is 20.4. The fourth-order valence-corrected chi connectivity index (χ4v) is 2.96. The van der Waals surface area contributed by atoms with Crippen LogP contribution in [0.1, 0.15) is 110 Å². The van der Waals surface area contributed by atoms with Crippen molar-refractivity contribution >= 4 is 5.97 Å². The number of halogens is 1. The van der Waals surface area contributed by atoms with E-state index in [1.807, 2.05) is 0 Å². The predicted octanol–water partition coefficient (Wildman–Crippen LogP) is 2.88. The van der Waals surface area contributed by atoms with Crippen LogP contribution in [0.3, 0.4) is 0 Å². The number of rotatable bonds is 17. The molecule has 0 saturated heterocycles. The Morgan fingerprint density at radius 1 is 0.714 bits per heavy atom. The Hall–Kier alpha value is -0.540. The van der Waals surface area contributed by atoms with Crippen molar-refractivity contribution in [2.24, 2.45) is 0 Å². The second-order valence-corrected chi connectivity index (χ2v) is 9.03. The molecule has 170 valence electrons. The lowest BCUT2D eigenvalue weighted by molar-refractivity contribution is -0.870. The van der Waals surface area contributed by atoms with E-state index in [4.69, 9.17) is 0 Å². The molecular formula is C24H49ClNO2-. The summed E-state index contributed by atoms with van der Waals surface area (Å²) in [6.45, 7) is 8.10. The van der Waals surface area contributed by atoms with Crippen LogP contribution < -0.4 is 17.5 Å². The van der Waals surface area contributed by atoms with E-state index in [2.05, 4.69) is 34.6 Å². The Balaban J connectivity index is -0.000000771. The van der Waals surface area contributed by atoms with Gasteiger partial charge in [0, 0.05) is 0 Å². The summed E-state index contributed by atoms with van der Waals surface area (Å²) in [6, 6.07) is 0. The van der Waals surface area contributed by atoms with E-state index >= 15 is 0 Å². The Morgan fingerprint density at radius 3 is 1.18 bits per heavy atom. The molecule has 0 saturated carbocycles. The van der Waals surface area contributed by atoms with Gasteiger partial charge in [0.25, 0.3) is 0 Å². The van der Waals surface area contributed by atoms with Crippen LogP contribution in [0.25, 0.3) is 0 Å². The summed E-state index contributed by atoms with van der Waals surface area (Å²) in [5, 5.41) is 9.49. The highest BCUT2D eigenvalue weighted by Crippen LogP contribution is 2.13. The van der Waals surface area contributed by atoms with Gasteiger partial charge in [-0.25, -0.2) is 0 Å². The van der Waals surface area contributed by atoms with Gasteiger partial charge in [-0.15, -0.1) is 0 Å². The number of nitrogens with zero attached hydrogens (tertiary/aromatic N) is 1. The highest BCUT2D eigenvalue weighted by atomic mass is 35.5. The summed E-state index contributed by atoms with van der Waals surface area (Å²) in [5.74, 6) is -1.19. The minimum atomic E-state index is -1.19. The number of hydrogen-bond donors (Lipinski definition) is 0. The molecule has 0 fully saturated rings. The maximum Gasteiger partial charge on any atom is 0.0780 e. The number of unbranched alkanes of at least 4 members (excludes halogenated alkanes) is 14. The predicted molar refractivity (Wildman–Crippen MR) is 118 cm³/mol. The van der Waals surface area contributed by atoms with E-state index in [1.54, 1.807) is 0 Å². The molecule has 0 aliphatic carbocycles. The van der Waals surface area contributed by atoms with Crippen molar-refractivity contribution in [2.75, 3.05) is 27.7 Å². The molecule has 0 spiro atoms. The van der Waals surface area contributed by atoms with Crippen LogP contribution >= 0.6 is 0 Å². The Morgan fingerprint density at radius 2 is 0.964 bits per heavy atom. The number of carboxylic acids is 1. The highest BCUT2D eigenvalue weighted by Gasteiger charge is 2.04. The fourth-order valence-electron chi connectivity index (χ4n) is 2.96. The molecule has 0 aliphatic rings. The average molecular weight is 419 g/mol. The maximum absolute atomic E-state index is 9.49. The first-order valence-corrected chi connectivity index (χ1v) is 11.4.